The van der Waals surface area contributed by atoms with E-state index in [4.69, 9.17) is 10.8 Å². The van der Waals surface area contributed by atoms with E-state index in [9.17, 15) is 0 Å². The molecule has 1 aromatic rings. The first kappa shape index (κ1) is 9.07. The van der Waals surface area contributed by atoms with Crippen LogP contribution in [0, 0.1) is 0 Å². The normalized spacial score (nSPS) is 10.2. The van der Waals surface area contributed by atoms with E-state index < -0.39 is 0 Å². The minimum absolute atomic E-state index is 0.0837. The van der Waals surface area contributed by atoms with Gasteiger partial charge in [-0.05, 0) is 29.7 Å². The molecule has 0 unspecified atom stereocenters. The Morgan fingerprint density at radius 3 is 2.67 bits per heavy atom. The SMILES string of the molecule is CCCc1ccc(N)cc1CO. The molecule has 12 heavy (non-hydrogen) atoms. The van der Waals surface area contributed by atoms with Crippen molar-refractivity contribution in [1.82, 2.24) is 0 Å². The number of nitrogens with two attached hydrogens (primary N) is 1. The van der Waals surface area contributed by atoms with E-state index in [1.807, 2.05) is 18.2 Å². The molecule has 0 amide bonds. The molecule has 66 valence electrons. The van der Waals surface area contributed by atoms with E-state index in [-0.39, 0.29) is 6.61 Å². The lowest BCUT2D eigenvalue weighted by molar-refractivity contribution is 0.280. The van der Waals surface area contributed by atoms with Crippen LogP contribution in [0.2, 0.25) is 0 Å². The van der Waals surface area contributed by atoms with Crippen LogP contribution in [0.15, 0.2) is 18.2 Å². The second-order valence-corrected chi connectivity index (χ2v) is 2.94. The van der Waals surface area contributed by atoms with Gasteiger partial charge in [0.15, 0.2) is 0 Å². The van der Waals surface area contributed by atoms with Gasteiger partial charge in [-0.15, -0.1) is 0 Å². The quantitative estimate of drug-likeness (QED) is 0.670. The third-order valence-corrected chi connectivity index (χ3v) is 1.92. The van der Waals surface area contributed by atoms with Crippen molar-refractivity contribution in [3.05, 3.63) is 29.3 Å². The molecule has 0 radical (unpaired) electrons. The number of hydrogen-bond donors (Lipinski definition) is 2. The predicted molar refractivity (Wildman–Crippen MR) is 50.8 cm³/mol. The molecule has 0 aliphatic rings. The second-order valence-electron chi connectivity index (χ2n) is 2.94. The molecule has 0 aliphatic carbocycles. The van der Waals surface area contributed by atoms with Crippen molar-refractivity contribution in [2.75, 3.05) is 5.73 Å². The molecule has 0 atom stereocenters. The summed E-state index contributed by atoms with van der Waals surface area (Å²) in [6.07, 6.45) is 2.10. The molecule has 1 aromatic carbocycles. The van der Waals surface area contributed by atoms with Gasteiger partial charge in [-0.2, -0.15) is 0 Å². The average Bonchev–Trinajstić information content (AvgIpc) is 2.08. The Labute approximate surface area is 73.0 Å². The predicted octanol–water partition coefficient (Wildman–Crippen LogP) is 1.71. The van der Waals surface area contributed by atoms with Crippen molar-refractivity contribution in [1.29, 1.82) is 0 Å². The molecule has 0 spiro atoms. The summed E-state index contributed by atoms with van der Waals surface area (Å²) in [4.78, 5) is 0. The molecule has 3 N–H and O–H groups in total. The van der Waals surface area contributed by atoms with Crippen LogP contribution in [0.25, 0.3) is 0 Å². The lowest BCUT2D eigenvalue weighted by atomic mass is 10.0. The van der Waals surface area contributed by atoms with Gasteiger partial charge in [0.2, 0.25) is 0 Å². The Balaban J connectivity index is 2.94. The average molecular weight is 165 g/mol. The largest absolute Gasteiger partial charge is 0.399 e. The van der Waals surface area contributed by atoms with Crippen molar-refractivity contribution < 1.29 is 5.11 Å². The zero-order chi connectivity index (χ0) is 8.97. The highest BCUT2D eigenvalue weighted by atomic mass is 16.3. The van der Waals surface area contributed by atoms with Gasteiger partial charge in [0.1, 0.15) is 0 Å². The highest BCUT2D eigenvalue weighted by molar-refractivity contribution is 5.44. The number of rotatable bonds is 3. The van der Waals surface area contributed by atoms with Crippen molar-refractivity contribution >= 4 is 5.69 Å². The van der Waals surface area contributed by atoms with Gasteiger partial charge in [-0.3, -0.25) is 0 Å². The molecule has 1 rings (SSSR count). The first-order valence-corrected chi connectivity index (χ1v) is 4.26. The van der Waals surface area contributed by atoms with Gasteiger partial charge in [-0.25, -0.2) is 0 Å². The van der Waals surface area contributed by atoms with Crippen molar-refractivity contribution in [3.8, 4) is 0 Å². The molecule has 0 aromatic heterocycles. The lowest BCUT2D eigenvalue weighted by Gasteiger charge is -2.06. The Morgan fingerprint density at radius 1 is 1.33 bits per heavy atom. The number of aliphatic hydroxyl groups is 1. The fourth-order valence-electron chi connectivity index (χ4n) is 1.31. The number of benzene rings is 1. The lowest BCUT2D eigenvalue weighted by Crippen LogP contribution is -1.95. The van der Waals surface area contributed by atoms with Gasteiger partial charge in [0.25, 0.3) is 0 Å². The standard InChI is InChI=1S/C10H15NO/c1-2-3-8-4-5-10(11)6-9(8)7-12/h4-6,12H,2-3,7,11H2,1H3. The van der Waals surface area contributed by atoms with Crippen LogP contribution in [-0.2, 0) is 13.0 Å². The Hall–Kier alpha value is -1.02. The molecular weight excluding hydrogens is 150 g/mol. The highest BCUT2D eigenvalue weighted by Crippen LogP contribution is 2.15. The number of anilines is 1. The molecule has 2 heteroatoms. The fraction of sp³-hybridized carbons (Fsp3) is 0.400. The van der Waals surface area contributed by atoms with E-state index >= 15 is 0 Å². The summed E-state index contributed by atoms with van der Waals surface area (Å²) >= 11 is 0. The third kappa shape index (κ3) is 1.98. The molecule has 0 aliphatic heterocycles. The van der Waals surface area contributed by atoms with Crippen LogP contribution >= 0.6 is 0 Å². The smallest absolute Gasteiger partial charge is 0.0685 e. The van der Waals surface area contributed by atoms with Gasteiger partial charge in [0, 0.05) is 5.69 Å². The van der Waals surface area contributed by atoms with Gasteiger partial charge in [-0.1, -0.05) is 19.4 Å². The number of hydrogen-bond acceptors (Lipinski definition) is 2. The van der Waals surface area contributed by atoms with Crippen LogP contribution in [-0.4, -0.2) is 5.11 Å². The third-order valence-electron chi connectivity index (χ3n) is 1.92. The molecule has 0 heterocycles. The summed E-state index contributed by atoms with van der Waals surface area (Å²) in [5.41, 5.74) is 8.47. The zero-order valence-electron chi connectivity index (χ0n) is 7.38. The zero-order valence-corrected chi connectivity index (χ0v) is 7.38. The summed E-state index contributed by atoms with van der Waals surface area (Å²) in [5, 5.41) is 9.01. The van der Waals surface area contributed by atoms with Crippen LogP contribution in [0.1, 0.15) is 24.5 Å². The topological polar surface area (TPSA) is 46.2 Å². The summed E-state index contributed by atoms with van der Waals surface area (Å²) in [5.74, 6) is 0. The Morgan fingerprint density at radius 2 is 2.08 bits per heavy atom. The van der Waals surface area contributed by atoms with Crippen LogP contribution < -0.4 is 5.73 Å². The molecule has 0 saturated carbocycles. The highest BCUT2D eigenvalue weighted by Gasteiger charge is 2.00. The molecular formula is C10H15NO. The molecule has 2 nitrogen and oxygen atoms in total. The first-order chi connectivity index (χ1) is 5.77. The summed E-state index contributed by atoms with van der Waals surface area (Å²) < 4.78 is 0. The summed E-state index contributed by atoms with van der Waals surface area (Å²) in [6.45, 7) is 2.21. The summed E-state index contributed by atoms with van der Waals surface area (Å²) in [6, 6.07) is 5.71. The Kier molecular flexibility index (Phi) is 3.11. The second kappa shape index (κ2) is 4.12. The van der Waals surface area contributed by atoms with E-state index in [1.54, 1.807) is 0 Å². The number of aryl methyl sites for hydroxylation is 1. The first-order valence-electron chi connectivity index (χ1n) is 4.26. The van der Waals surface area contributed by atoms with E-state index in [0.717, 1.165) is 24.1 Å². The van der Waals surface area contributed by atoms with Gasteiger partial charge < -0.3 is 10.8 Å². The molecule has 0 fully saturated rings. The maximum atomic E-state index is 9.01. The van der Waals surface area contributed by atoms with Gasteiger partial charge >= 0.3 is 0 Å². The fourth-order valence-corrected chi connectivity index (χ4v) is 1.31. The summed E-state index contributed by atoms with van der Waals surface area (Å²) in [7, 11) is 0. The van der Waals surface area contributed by atoms with Crippen molar-refractivity contribution in [2.24, 2.45) is 0 Å². The maximum Gasteiger partial charge on any atom is 0.0685 e. The number of nitrogen functional groups attached to an aromatic ring is 1. The van der Waals surface area contributed by atoms with Crippen molar-refractivity contribution in [3.63, 3.8) is 0 Å². The molecule has 0 saturated heterocycles. The number of aliphatic hydroxyl groups excluding tert-OH is 1. The maximum absolute atomic E-state index is 9.01. The molecule has 0 bridgehead atoms. The Bertz CT molecular complexity index is 258. The van der Waals surface area contributed by atoms with E-state index in [2.05, 4.69) is 6.92 Å². The van der Waals surface area contributed by atoms with Crippen molar-refractivity contribution in [2.45, 2.75) is 26.4 Å². The monoisotopic (exact) mass is 165 g/mol. The van der Waals surface area contributed by atoms with Crippen LogP contribution in [0.5, 0.6) is 0 Å². The van der Waals surface area contributed by atoms with E-state index in [0.29, 0.717) is 0 Å². The van der Waals surface area contributed by atoms with Crippen LogP contribution in [0.3, 0.4) is 0 Å². The minimum atomic E-state index is 0.0837. The minimum Gasteiger partial charge on any atom is -0.399 e. The van der Waals surface area contributed by atoms with Crippen LogP contribution in [0.4, 0.5) is 5.69 Å². The van der Waals surface area contributed by atoms with Gasteiger partial charge in [0.05, 0.1) is 6.61 Å². The van der Waals surface area contributed by atoms with E-state index in [1.165, 1.54) is 5.56 Å².